The van der Waals surface area contributed by atoms with Gasteiger partial charge >= 0.3 is 0 Å². The molecule has 2 amide bonds. The van der Waals surface area contributed by atoms with E-state index in [0.717, 1.165) is 11.4 Å². The Morgan fingerprint density at radius 3 is 1.82 bits per heavy atom. The number of rotatable bonds is 6. The molecule has 0 saturated heterocycles. The first-order chi connectivity index (χ1) is 16.6. The lowest BCUT2D eigenvalue weighted by molar-refractivity contribution is 0.0976. The highest BCUT2D eigenvalue weighted by molar-refractivity contribution is 7.80. The lowest BCUT2D eigenvalue weighted by Gasteiger charge is -2.14. The lowest BCUT2D eigenvalue weighted by atomic mass is 10.1. The molecule has 34 heavy (non-hydrogen) atoms. The normalized spacial score (nSPS) is 10.1. The molecule has 0 spiro atoms. The molecule has 0 saturated carbocycles. The third-order valence-corrected chi connectivity index (χ3v) is 5.09. The van der Waals surface area contributed by atoms with Gasteiger partial charge in [-0.2, -0.15) is 0 Å². The molecule has 4 aromatic carbocycles. The van der Waals surface area contributed by atoms with Crippen molar-refractivity contribution in [2.45, 2.75) is 0 Å². The van der Waals surface area contributed by atoms with Crippen LogP contribution in [0.1, 0.15) is 20.7 Å². The van der Waals surface area contributed by atoms with E-state index in [9.17, 15) is 9.59 Å². The Morgan fingerprint density at radius 1 is 0.559 bits per heavy atom. The molecule has 7 heteroatoms. The molecule has 0 heterocycles. The van der Waals surface area contributed by atoms with Crippen LogP contribution < -0.4 is 21.3 Å². The molecule has 0 aliphatic heterocycles. The van der Waals surface area contributed by atoms with Gasteiger partial charge < -0.3 is 16.0 Å². The SMILES string of the molecule is O=C(NC(=S)Nc1ccccc1C(=O)Nc1ccc(Nc2ccccc2)cc1)c1ccccc1. The number of hydrogen-bond donors (Lipinski definition) is 4. The predicted molar refractivity (Wildman–Crippen MR) is 141 cm³/mol. The Hall–Kier alpha value is -4.49. The highest BCUT2D eigenvalue weighted by Gasteiger charge is 2.14. The van der Waals surface area contributed by atoms with Crippen LogP contribution >= 0.6 is 12.2 Å². The van der Waals surface area contributed by atoms with Crippen LogP contribution in [-0.4, -0.2) is 16.9 Å². The molecule has 0 unspecified atom stereocenters. The average molecular weight is 467 g/mol. The first-order valence-corrected chi connectivity index (χ1v) is 11.0. The molecule has 4 rings (SSSR count). The first-order valence-electron chi connectivity index (χ1n) is 10.6. The zero-order chi connectivity index (χ0) is 23.8. The fourth-order valence-electron chi connectivity index (χ4n) is 3.23. The van der Waals surface area contributed by atoms with Gasteiger partial charge in [0.2, 0.25) is 0 Å². The highest BCUT2D eigenvalue weighted by Crippen LogP contribution is 2.21. The van der Waals surface area contributed by atoms with E-state index in [2.05, 4.69) is 21.3 Å². The summed E-state index contributed by atoms with van der Waals surface area (Å²) in [4.78, 5) is 25.3. The third kappa shape index (κ3) is 6.05. The summed E-state index contributed by atoms with van der Waals surface area (Å²) < 4.78 is 0. The van der Waals surface area contributed by atoms with Crippen LogP contribution in [0.4, 0.5) is 22.7 Å². The van der Waals surface area contributed by atoms with E-state index in [0.29, 0.717) is 22.5 Å². The number of anilines is 4. The Bertz CT molecular complexity index is 1290. The van der Waals surface area contributed by atoms with Crippen molar-refractivity contribution >= 4 is 51.9 Å². The largest absolute Gasteiger partial charge is 0.356 e. The summed E-state index contributed by atoms with van der Waals surface area (Å²) in [6.45, 7) is 0. The average Bonchev–Trinajstić information content (AvgIpc) is 2.86. The van der Waals surface area contributed by atoms with E-state index in [-0.39, 0.29) is 16.9 Å². The fraction of sp³-hybridized carbons (Fsp3) is 0. The maximum absolute atomic E-state index is 12.9. The molecule has 0 fully saturated rings. The first kappa shape index (κ1) is 22.7. The van der Waals surface area contributed by atoms with E-state index in [1.807, 2.05) is 60.7 Å². The van der Waals surface area contributed by atoms with Crippen molar-refractivity contribution in [2.75, 3.05) is 16.0 Å². The standard InChI is InChI=1S/C27H22N4O2S/c32-25(19-9-3-1-4-10-19)31-27(34)30-24-14-8-7-13-23(24)26(33)29-22-17-15-21(16-18-22)28-20-11-5-2-6-12-20/h1-18,28H,(H,29,33)(H2,30,31,32,34). The third-order valence-electron chi connectivity index (χ3n) is 4.89. The number of benzene rings is 4. The van der Waals surface area contributed by atoms with Gasteiger partial charge in [-0.3, -0.25) is 14.9 Å². The summed E-state index contributed by atoms with van der Waals surface area (Å²) in [6, 6.07) is 33.0. The maximum Gasteiger partial charge on any atom is 0.257 e. The van der Waals surface area contributed by atoms with Crippen LogP contribution in [0, 0.1) is 0 Å². The fourth-order valence-corrected chi connectivity index (χ4v) is 3.43. The van der Waals surface area contributed by atoms with E-state index in [1.54, 1.807) is 48.5 Å². The van der Waals surface area contributed by atoms with Crippen molar-refractivity contribution in [3.63, 3.8) is 0 Å². The molecular weight excluding hydrogens is 444 g/mol. The minimum Gasteiger partial charge on any atom is -0.356 e. The highest BCUT2D eigenvalue weighted by atomic mass is 32.1. The molecule has 0 aliphatic rings. The number of amides is 2. The van der Waals surface area contributed by atoms with Gasteiger partial charge in [-0.1, -0.05) is 48.5 Å². The second kappa shape index (κ2) is 10.9. The van der Waals surface area contributed by atoms with Gasteiger partial charge in [-0.25, -0.2) is 0 Å². The van der Waals surface area contributed by atoms with Crippen LogP contribution in [-0.2, 0) is 0 Å². The van der Waals surface area contributed by atoms with Gasteiger partial charge in [0, 0.05) is 22.6 Å². The Labute approximate surface area is 203 Å². The van der Waals surface area contributed by atoms with Crippen LogP contribution in [0.3, 0.4) is 0 Å². The molecular formula is C27H22N4O2S. The van der Waals surface area contributed by atoms with Crippen LogP contribution in [0.25, 0.3) is 0 Å². The summed E-state index contributed by atoms with van der Waals surface area (Å²) in [7, 11) is 0. The van der Waals surface area contributed by atoms with Gasteiger partial charge in [0.25, 0.3) is 11.8 Å². The smallest absolute Gasteiger partial charge is 0.257 e. The number of para-hydroxylation sites is 2. The minimum atomic E-state index is -0.329. The Kier molecular flexibility index (Phi) is 7.27. The molecule has 0 aliphatic carbocycles. The number of nitrogens with one attached hydrogen (secondary N) is 4. The summed E-state index contributed by atoms with van der Waals surface area (Å²) in [6.07, 6.45) is 0. The van der Waals surface area contributed by atoms with Crippen molar-refractivity contribution in [1.82, 2.24) is 5.32 Å². The molecule has 168 valence electrons. The van der Waals surface area contributed by atoms with Crippen molar-refractivity contribution in [3.05, 3.63) is 120 Å². The molecule has 4 N–H and O–H groups in total. The topological polar surface area (TPSA) is 82.3 Å². The predicted octanol–water partition coefficient (Wildman–Crippen LogP) is 5.81. The van der Waals surface area contributed by atoms with Crippen LogP contribution in [0.5, 0.6) is 0 Å². The number of carbonyl (C=O) groups is 2. The van der Waals surface area contributed by atoms with Gasteiger partial charge in [-0.05, 0) is 72.9 Å². The van der Waals surface area contributed by atoms with E-state index < -0.39 is 0 Å². The zero-order valence-corrected chi connectivity index (χ0v) is 18.9. The summed E-state index contributed by atoms with van der Waals surface area (Å²) in [5.74, 6) is -0.631. The van der Waals surface area contributed by atoms with E-state index in [1.165, 1.54) is 0 Å². The number of hydrogen-bond acceptors (Lipinski definition) is 4. The lowest BCUT2D eigenvalue weighted by Crippen LogP contribution is -2.34. The minimum absolute atomic E-state index is 0.102. The number of carbonyl (C=O) groups excluding carboxylic acids is 2. The molecule has 6 nitrogen and oxygen atoms in total. The summed E-state index contributed by atoms with van der Waals surface area (Å²) >= 11 is 5.27. The number of thiocarbonyl (C=S) groups is 1. The van der Waals surface area contributed by atoms with Crippen molar-refractivity contribution < 1.29 is 9.59 Å². The van der Waals surface area contributed by atoms with Gasteiger partial charge in [0.05, 0.1) is 11.3 Å². The van der Waals surface area contributed by atoms with Crippen molar-refractivity contribution in [1.29, 1.82) is 0 Å². The second-order valence-corrected chi connectivity index (χ2v) is 7.75. The van der Waals surface area contributed by atoms with Crippen LogP contribution in [0.15, 0.2) is 109 Å². The molecule has 4 aromatic rings. The van der Waals surface area contributed by atoms with Crippen LogP contribution in [0.2, 0.25) is 0 Å². The van der Waals surface area contributed by atoms with Crippen molar-refractivity contribution in [3.8, 4) is 0 Å². The second-order valence-electron chi connectivity index (χ2n) is 7.34. The Balaban J connectivity index is 1.39. The molecule has 0 atom stereocenters. The summed E-state index contributed by atoms with van der Waals surface area (Å²) in [5, 5.41) is 11.9. The Morgan fingerprint density at radius 2 is 1.12 bits per heavy atom. The molecule has 0 aromatic heterocycles. The van der Waals surface area contributed by atoms with E-state index >= 15 is 0 Å². The van der Waals surface area contributed by atoms with Crippen molar-refractivity contribution in [2.24, 2.45) is 0 Å². The molecule has 0 bridgehead atoms. The van der Waals surface area contributed by atoms with Gasteiger partial charge in [0.15, 0.2) is 5.11 Å². The maximum atomic E-state index is 12.9. The van der Waals surface area contributed by atoms with E-state index in [4.69, 9.17) is 12.2 Å². The quantitative estimate of drug-likeness (QED) is 0.270. The molecule has 0 radical (unpaired) electrons. The van der Waals surface area contributed by atoms with Gasteiger partial charge in [0.1, 0.15) is 0 Å². The monoisotopic (exact) mass is 466 g/mol. The van der Waals surface area contributed by atoms with Gasteiger partial charge in [-0.15, -0.1) is 0 Å². The summed E-state index contributed by atoms with van der Waals surface area (Å²) in [5.41, 5.74) is 3.91. The zero-order valence-electron chi connectivity index (χ0n) is 18.1.